The molecule has 0 amide bonds. The van der Waals surface area contributed by atoms with Gasteiger partial charge < -0.3 is 4.42 Å². The highest BCUT2D eigenvalue weighted by molar-refractivity contribution is 7.98. The van der Waals surface area contributed by atoms with Crippen molar-refractivity contribution in [3.05, 3.63) is 54.0 Å². The lowest BCUT2D eigenvalue weighted by Gasteiger charge is -1.97. The highest BCUT2D eigenvalue weighted by Gasteiger charge is 1.99. The van der Waals surface area contributed by atoms with E-state index in [1.807, 2.05) is 13.0 Å². The molecule has 0 aliphatic rings. The first-order valence-corrected chi connectivity index (χ1v) is 5.55. The molecule has 0 atom stereocenters. The number of thioether (sulfide) groups is 1. The Morgan fingerprint density at radius 3 is 2.64 bits per heavy atom. The van der Waals surface area contributed by atoms with E-state index in [1.54, 1.807) is 18.0 Å². The monoisotopic (exact) mass is 204 g/mol. The van der Waals surface area contributed by atoms with Gasteiger partial charge in [-0.3, -0.25) is 0 Å². The molecule has 0 saturated heterocycles. The second kappa shape index (κ2) is 4.38. The van der Waals surface area contributed by atoms with Gasteiger partial charge in [0, 0.05) is 4.90 Å². The molecule has 14 heavy (non-hydrogen) atoms. The molecule has 0 aliphatic carbocycles. The van der Waals surface area contributed by atoms with Crippen molar-refractivity contribution in [2.24, 2.45) is 0 Å². The first-order valence-electron chi connectivity index (χ1n) is 4.56. The molecule has 0 aliphatic heterocycles. The first kappa shape index (κ1) is 9.41. The smallest absolute Gasteiger partial charge is 0.114 e. The van der Waals surface area contributed by atoms with E-state index in [-0.39, 0.29) is 0 Å². The van der Waals surface area contributed by atoms with Gasteiger partial charge in [-0.05, 0) is 30.7 Å². The quantitative estimate of drug-likeness (QED) is 0.704. The van der Waals surface area contributed by atoms with Crippen LogP contribution in [0.15, 0.2) is 52.0 Å². The van der Waals surface area contributed by atoms with Gasteiger partial charge >= 0.3 is 0 Å². The lowest BCUT2D eigenvalue weighted by atomic mass is 10.4. The summed E-state index contributed by atoms with van der Waals surface area (Å²) in [5.74, 6) is 1.94. The Morgan fingerprint density at radius 2 is 2.00 bits per heavy atom. The standard InChI is InChI=1S/C12H12OS/c1-10-7-11(13-8-10)9-14-12-5-3-2-4-6-12/h2-8H,9H2,1H3. The number of rotatable bonds is 3. The predicted octanol–water partition coefficient (Wildman–Crippen LogP) is 3.88. The van der Waals surface area contributed by atoms with E-state index in [1.165, 1.54) is 10.5 Å². The van der Waals surface area contributed by atoms with Crippen LogP contribution in [0, 0.1) is 6.92 Å². The fourth-order valence-electron chi connectivity index (χ4n) is 1.24. The summed E-state index contributed by atoms with van der Waals surface area (Å²) in [6.07, 6.45) is 1.79. The van der Waals surface area contributed by atoms with E-state index >= 15 is 0 Å². The molecule has 1 aromatic heterocycles. The van der Waals surface area contributed by atoms with Crippen LogP contribution in [0.5, 0.6) is 0 Å². The van der Waals surface area contributed by atoms with E-state index in [0.717, 1.165) is 11.5 Å². The molecule has 0 unspecified atom stereocenters. The maximum absolute atomic E-state index is 5.37. The first-order chi connectivity index (χ1) is 6.84. The van der Waals surface area contributed by atoms with Gasteiger partial charge in [0.05, 0.1) is 12.0 Å². The summed E-state index contributed by atoms with van der Waals surface area (Å²) in [7, 11) is 0. The van der Waals surface area contributed by atoms with Crippen molar-refractivity contribution in [2.45, 2.75) is 17.6 Å². The van der Waals surface area contributed by atoms with Gasteiger partial charge in [-0.1, -0.05) is 18.2 Å². The molecule has 0 bridgehead atoms. The molecular formula is C12H12OS. The highest BCUT2D eigenvalue weighted by atomic mass is 32.2. The number of furan rings is 1. The Kier molecular flexibility index (Phi) is 2.94. The SMILES string of the molecule is Cc1coc(CSc2ccccc2)c1. The molecule has 1 heterocycles. The van der Waals surface area contributed by atoms with E-state index < -0.39 is 0 Å². The molecule has 2 heteroatoms. The fraction of sp³-hybridized carbons (Fsp3) is 0.167. The zero-order chi connectivity index (χ0) is 9.80. The van der Waals surface area contributed by atoms with Gasteiger partial charge in [-0.25, -0.2) is 0 Å². The Hall–Kier alpha value is -1.15. The third-order valence-electron chi connectivity index (χ3n) is 1.91. The summed E-state index contributed by atoms with van der Waals surface area (Å²) in [5, 5.41) is 0. The summed E-state index contributed by atoms with van der Waals surface area (Å²) in [6, 6.07) is 12.4. The summed E-state index contributed by atoms with van der Waals surface area (Å²) < 4.78 is 5.37. The van der Waals surface area contributed by atoms with Crippen LogP contribution in [-0.2, 0) is 5.75 Å². The van der Waals surface area contributed by atoms with Gasteiger partial charge in [0.25, 0.3) is 0 Å². The zero-order valence-corrected chi connectivity index (χ0v) is 8.88. The van der Waals surface area contributed by atoms with Gasteiger partial charge in [0.2, 0.25) is 0 Å². The van der Waals surface area contributed by atoms with Crippen molar-refractivity contribution in [3.63, 3.8) is 0 Å². The highest BCUT2D eigenvalue weighted by Crippen LogP contribution is 2.22. The normalized spacial score (nSPS) is 10.4. The van der Waals surface area contributed by atoms with Crippen LogP contribution in [0.3, 0.4) is 0 Å². The lowest BCUT2D eigenvalue weighted by molar-refractivity contribution is 0.529. The largest absolute Gasteiger partial charge is 0.468 e. The molecule has 2 rings (SSSR count). The summed E-state index contributed by atoms with van der Waals surface area (Å²) in [5.41, 5.74) is 1.19. The van der Waals surface area contributed by atoms with Crippen molar-refractivity contribution in [1.82, 2.24) is 0 Å². The molecule has 2 aromatic rings. The van der Waals surface area contributed by atoms with Crippen LogP contribution in [0.4, 0.5) is 0 Å². The molecule has 1 nitrogen and oxygen atoms in total. The minimum atomic E-state index is 0.901. The summed E-state index contributed by atoms with van der Waals surface area (Å²) >= 11 is 1.79. The molecule has 1 aromatic carbocycles. The van der Waals surface area contributed by atoms with Crippen molar-refractivity contribution < 1.29 is 4.42 Å². The second-order valence-electron chi connectivity index (χ2n) is 3.19. The molecule has 0 radical (unpaired) electrons. The number of aryl methyl sites for hydroxylation is 1. The van der Waals surface area contributed by atoms with Gasteiger partial charge in [-0.15, -0.1) is 11.8 Å². The van der Waals surface area contributed by atoms with Crippen molar-refractivity contribution in [2.75, 3.05) is 0 Å². The van der Waals surface area contributed by atoms with E-state index in [2.05, 4.69) is 30.3 Å². The molecule has 0 fully saturated rings. The maximum atomic E-state index is 5.37. The Bertz CT molecular complexity index is 392. The van der Waals surface area contributed by atoms with Gasteiger partial charge in [0.15, 0.2) is 0 Å². The molecule has 72 valence electrons. The van der Waals surface area contributed by atoms with E-state index in [9.17, 15) is 0 Å². The van der Waals surface area contributed by atoms with E-state index in [4.69, 9.17) is 4.42 Å². The topological polar surface area (TPSA) is 13.1 Å². The Balaban J connectivity index is 1.95. The molecule has 0 saturated carbocycles. The average molecular weight is 204 g/mol. The van der Waals surface area contributed by atoms with Crippen LogP contribution in [0.25, 0.3) is 0 Å². The molecule has 0 N–H and O–H groups in total. The summed E-state index contributed by atoms with van der Waals surface area (Å²) in [6.45, 7) is 2.04. The maximum Gasteiger partial charge on any atom is 0.114 e. The third-order valence-corrected chi connectivity index (χ3v) is 2.94. The van der Waals surface area contributed by atoms with Crippen molar-refractivity contribution >= 4 is 11.8 Å². The van der Waals surface area contributed by atoms with Crippen LogP contribution in [-0.4, -0.2) is 0 Å². The predicted molar refractivity (Wildman–Crippen MR) is 59.4 cm³/mol. The average Bonchev–Trinajstić information content (AvgIpc) is 2.63. The Labute approximate surface area is 88.1 Å². The van der Waals surface area contributed by atoms with Crippen molar-refractivity contribution in [1.29, 1.82) is 0 Å². The van der Waals surface area contributed by atoms with Crippen LogP contribution in [0.1, 0.15) is 11.3 Å². The van der Waals surface area contributed by atoms with Crippen LogP contribution in [0.2, 0.25) is 0 Å². The van der Waals surface area contributed by atoms with Crippen molar-refractivity contribution in [3.8, 4) is 0 Å². The zero-order valence-electron chi connectivity index (χ0n) is 8.07. The molecule has 0 spiro atoms. The lowest BCUT2D eigenvalue weighted by Crippen LogP contribution is -1.75. The Morgan fingerprint density at radius 1 is 1.21 bits per heavy atom. The van der Waals surface area contributed by atoms with E-state index in [0.29, 0.717) is 0 Å². The number of hydrogen-bond donors (Lipinski definition) is 0. The third kappa shape index (κ3) is 2.42. The van der Waals surface area contributed by atoms with Gasteiger partial charge in [0.1, 0.15) is 5.76 Å². The fourth-order valence-corrected chi connectivity index (χ4v) is 2.05. The summed E-state index contributed by atoms with van der Waals surface area (Å²) in [4.78, 5) is 1.28. The second-order valence-corrected chi connectivity index (χ2v) is 4.24. The number of benzene rings is 1. The van der Waals surface area contributed by atoms with Crippen LogP contribution < -0.4 is 0 Å². The molecular weight excluding hydrogens is 192 g/mol. The van der Waals surface area contributed by atoms with Gasteiger partial charge in [-0.2, -0.15) is 0 Å². The minimum absolute atomic E-state index is 0.901. The minimum Gasteiger partial charge on any atom is -0.468 e. The van der Waals surface area contributed by atoms with Crippen LogP contribution >= 0.6 is 11.8 Å². The number of hydrogen-bond acceptors (Lipinski definition) is 2.